The highest BCUT2D eigenvalue weighted by Gasteiger charge is 2.22. The van der Waals surface area contributed by atoms with E-state index in [4.69, 9.17) is 9.47 Å². The number of aromatic hydroxyl groups is 2. The topological polar surface area (TPSA) is 71.0 Å². The van der Waals surface area contributed by atoms with E-state index in [1.807, 2.05) is 24.3 Å². The molecule has 0 radical (unpaired) electrons. The van der Waals surface area contributed by atoms with Crippen LogP contribution in [0.5, 0.6) is 23.0 Å². The number of rotatable bonds is 6. The molecule has 1 heterocycles. The van der Waals surface area contributed by atoms with E-state index in [1.54, 1.807) is 18.2 Å². The predicted octanol–water partition coefficient (Wildman–Crippen LogP) is 3.35. The van der Waals surface area contributed by atoms with Crippen molar-refractivity contribution in [2.75, 3.05) is 19.8 Å². The van der Waals surface area contributed by atoms with Gasteiger partial charge in [-0.25, -0.2) is 0 Å². The van der Waals surface area contributed by atoms with E-state index in [0.29, 0.717) is 13.2 Å². The zero-order chi connectivity index (χ0) is 16.9. The summed E-state index contributed by atoms with van der Waals surface area (Å²) in [5.74, 6) is 1.33. The molecule has 3 N–H and O–H groups in total. The maximum absolute atomic E-state index is 9.74. The van der Waals surface area contributed by atoms with E-state index in [9.17, 15) is 10.2 Å². The van der Waals surface area contributed by atoms with E-state index in [2.05, 4.69) is 11.9 Å². The first-order chi connectivity index (χ1) is 11.7. The number of phenolic OH excluding ortho intramolecular Hbond substituents is 2. The number of ether oxygens (including phenoxy) is 2. The lowest BCUT2D eigenvalue weighted by molar-refractivity contribution is 0.260. The summed E-state index contributed by atoms with van der Waals surface area (Å²) < 4.78 is 11.3. The van der Waals surface area contributed by atoms with Crippen molar-refractivity contribution in [1.82, 2.24) is 5.32 Å². The second-order valence-corrected chi connectivity index (χ2v) is 5.68. The largest absolute Gasteiger partial charge is 0.504 e. The van der Waals surface area contributed by atoms with Crippen molar-refractivity contribution in [1.29, 1.82) is 0 Å². The van der Waals surface area contributed by atoms with Gasteiger partial charge in [0, 0.05) is 0 Å². The van der Waals surface area contributed by atoms with Crippen LogP contribution in [0.2, 0.25) is 0 Å². The first kappa shape index (κ1) is 19.0. The Morgan fingerprint density at radius 1 is 1.08 bits per heavy atom. The molecule has 0 amide bonds. The summed E-state index contributed by atoms with van der Waals surface area (Å²) in [6.45, 7) is 5.33. The van der Waals surface area contributed by atoms with Gasteiger partial charge in [0.15, 0.2) is 11.5 Å². The molecule has 0 aromatic heterocycles. The number of halogens is 1. The first-order valence-electron chi connectivity index (χ1n) is 7.92. The van der Waals surface area contributed by atoms with Crippen molar-refractivity contribution in [2.24, 2.45) is 0 Å². The highest BCUT2D eigenvalue weighted by atomic mass is 35.5. The normalized spacial score (nSPS) is 15.6. The molecule has 134 valence electrons. The number of fused-ring (bicyclic) bond motifs is 1. The zero-order valence-corrected chi connectivity index (χ0v) is 14.6. The van der Waals surface area contributed by atoms with Crippen LogP contribution in [0.15, 0.2) is 49.1 Å². The number of benzene rings is 2. The predicted molar refractivity (Wildman–Crippen MR) is 99.1 cm³/mol. The molecule has 2 aromatic rings. The molecular formula is C19H22ClNO4. The molecule has 5 nitrogen and oxygen atoms in total. The maximum atomic E-state index is 9.74. The van der Waals surface area contributed by atoms with E-state index >= 15 is 0 Å². The Balaban J connectivity index is 0.00000225. The Morgan fingerprint density at radius 3 is 2.40 bits per heavy atom. The third-order valence-corrected chi connectivity index (χ3v) is 4.01. The summed E-state index contributed by atoms with van der Waals surface area (Å²) >= 11 is 0. The number of nitrogens with one attached hydrogen (secondary N) is 1. The van der Waals surface area contributed by atoms with E-state index in [-0.39, 0.29) is 29.9 Å². The smallest absolute Gasteiger partial charge is 0.157 e. The molecule has 1 aliphatic heterocycles. The number of hydrogen-bond acceptors (Lipinski definition) is 5. The lowest BCUT2D eigenvalue weighted by Crippen LogP contribution is -2.33. The third kappa shape index (κ3) is 4.59. The Morgan fingerprint density at radius 2 is 1.72 bits per heavy atom. The van der Waals surface area contributed by atoms with Crippen LogP contribution < -0.4 is 14.8 Å². The molecule has 1 aliphatic rings. The molecule has 0 saturated carbocycles. The second-order valence-electron chi connectivity index (χ2n) is 5.68. The summed E-state index contributed by atoms with van der Waals surface area (Å²) in [6, 6.07) is 10.6. The average molecular weight is 364 g/mol. The second kappa shape index (κ2) is 8.65. The van der Waals surface area contributed by atoms with Crippen molar-refractivity contribution in [3.8, 4) is 23.0 Å². The van der Waals surface area contributed by atoms with Gasteiger partial charge in [0.25, 0.3) is 0 Å². The third-order valence-electron chi connectivity index (χ3n) is 4.01. The molecule has 1 unspecified atom stereocenters. The van der Waals surface area contributed by atoms with Crippen molar-refractivity contribution >= 4 is 12.4 Å². The average Bonchev–Trinajstić information content (AvgIpc) is 2.60. The highest BCUT2D eigenvalue weighted by molar-refractivity contribution is 5.85. The Bertz CT molecular complexity index is 718. The van der Waals surface area contributed by atoms with Crippen LogP contribution in [-0.4, -0.2) is 30.0 Å². The summed E-state index contributed by atoms with van der Waals surface area (Å²) in [7, 11) is 0. The van der Waals surface area contributed by atoms with Gasteiger partial charge in [-0.2, -0.15) is 0 Å². The summed E-state index contributed by atoms with van der Waals surface area (Å²) in [4.78, 5) is 0. The van der Waals surface area contributed by atoms with Gasteiger partial charge in [-0.3, -0.25) is 0 Å². The Hall–Kier alpha value is -2.37. The van der Waals surface area contributed by atoms with Gasteiger partial charge in [-0.1, -0.05) is 12.7 Å². The van der Waals surface area contributed by atoms with Crippen LogP contribution in [-0.2, 0) is 6.42 Å². The van der Waals surface area contributed by atoms with Gasteiger partial charge in [-0.05, 0) is 60.5 Å². The molecule has 3 rings (SSSR count). The van der Waals surface area contributed by atoms with Gasteiger partial charge < -0.3 is 25.0 Å². The standard InChI is InChI=1S/C19H21NO4.ClH/c1-2-9-23-14-3-5-15(6-4-14)24-12-17-16-11-19(22)18(21)10-13(16)7-8-20-17;/h2-6,10-11,17,20-22H,1,7-9,12H2;1H. The van der Waals surface area contributed by atoms with Crippen LogP contribution in [0.3, 0.4) is 0 Å². The molecule has 0 fully saturated rings. The fourth-order valence-corrected chi connectivity index (χ4v) is 2.78. The highest BCUT2D eigenvalue weighted by Crippen LogP contribution is 2.34. The minimum Gasteiger partial charge on any atom is -0.504 e. The number of phenols is 2. The fraction of sp³-hybridized carbons (Fsp3) is 0.263. The van der Waals surface area contributed by atoms with Gasteiger partial charge in [0.1, 0.15) is 24.7 Å². The lowest BCUT2D eigenvalue weighted by atomic mass is 9.94. The SMILES string of the molecule is C=CCOc1ccc(OCC2NCCc3cc(O)c(O)cc32)cc1.Cl. The van der Waals surface area contributed by atoms with Crippen LogP contribution >= 0.6 is 12.4 Å². The maximum Gasteiger partial charge on any atom is 0.157 e. The molecule has 0 bridgehead atoms. The molecule has 0 aliphatic carbocycles. The fourth-order valence-electron chi connectivity index (χ4n) is 2.78. The molecule has 0 saturated heterocycles. The minimum absolute atomic E-state index is 0. The van der Waals surface area contributed by atoms with Crippen LogP contribution in [0.25, 0.3) is 0 Å². The van der Waals surface area contributed by atoms with Crippen molar-refractivity contribution in [3.05, 3.63) is 60.2 Å². The van der Waals surface area contributed by atoms with Crippen LogP contribution in [0.1, 0.15) is 17.2 Å². The van der Waals surface area contributed by atoms with Gasteiger partial charge in [-0.15, -0.1) is 12.4 Å². The van der Waals surface area contributed by atoms with E-state index in [0.717, 1.165) is 35.6 Å². The van der Waals surface area contributed by atoms with Crippen LogP contribution in [0.4, 0.5) is 0 Å². The van der Waals surface area contributed by atoms with E-state index in [1.165, 1.54) is 0 Å². The quantitative estimate of drug-likeness (QED) is 0.542. The molecule has 1 atom stereocenters. The van der Waals surface area contributed by atoms with Gasteiger partial charge >= 0.3 is 0 Å². The van der Waals surface area contributed by atoms with Crippen molar-refractivity contribution < 1.29 is 19.7 Å². The molecule has 2 aromatic carbocycles. The van der Waals surface area contributed by atoms with Gasteiger partial charge in [0.05, 0.1) is 6.04 Å². The van der Waals surface area contributed by atoms with Crippen LogP contribution in [0, 0.1) is 0 Å². The first-order valence-corrected chi connectivity index (χ1v) is 7.92. The van der Waals surface area contributed by atoms with E-state index < -0.39 is 0 Å². The zero-order valence-electron chi connectivity index (χ0n) is 13.8. The molecular weight excluding hydrogens is 342 g/mol. The monoisotopic (exact) mass is 363 g/mol. The summed E-state index contributed by atoms with van der Waals surface area (Å²) in [6.07, 6.45) is 2.51. The molecule has 25 heavy (non-hydrogen) atoms. The number of hydrogen-bond donors (Lipinski definition) is 3. The van der Waals surface area contributed by atoms with Crippen molar-refractivity contribution in [2.45, 2.75) is 12.5 Å². The molecule has 0 spiro atoms. The summed E-state index contributed by atoms with van der Waals surface area (Å²) in [5.41, 5.74) is 1.99. The summed E-state index contributed by atoms with van der Waals surface area (Å²) in [5, 5.41) is 22.8. The lowest BCUT2D eigenvalue weighted by Gasteiger charge is -2.27. The van der Waals surface area contributed by atoms with Crippen molar-refractivity contribution in [3.63, 3.8) is 0 Å². The Kier molecular flexibility index (Phi) is 6.56. The minimum atomic E-state index is -0.105. The van der Waals surface area contributed by atoms with Gasteiger partial charge in [0.2, 0.25) is 0 Å². The molecule has 6 heteroatoms. The Labute approximate surface area is 153 Å².